The highest BCUT2D eigenvalue weighted by molar-refractivity contribution is 6.16. The van der Waals surface area contributed by atoms with E-state index in [1.54, 1.807) is 41.5 Å². The summed E-state index contributed by atoms with van der Waals surface area (Å²) >= 11 is 0. The second-order valence-corrected chi connectivity index (χ2v) is 9.08. The molecule has 0 unspecified atom stereocenters. The topological polar surface area (TPSA) is 131 Å². The van der Waals surface area contributed by atoms with Crippen molar-refractivity contribution in [2.45, 2.75) is 90.9 Å². The normalized spacial score (nSPS) is 15.6. The minimum Gasteiger partial charge on any atom is -0.444 e. The molecule has 1 aliphatic rings. The highest BCUT2D eigenvalue weighted by Crippen LogP contribution is 2.16. The quantitative estimate of drug-likeness (QED) is 0.470. The molecule has 0 radical (unpaired) electrons. The maximum absolute atomic E-state index is 12.7. The van der Waals surface area contributed by atoms with E-state index >= 15 is 0 Å². The number of carbonyl (C=O) groups is 5. The second-order valence-electron chi connectivity index (χ2n) is 9.08. The number of ether oxygens (including phenoxy) is 2. The molecule has 0 aromatic heterocycles. The molecule has 5 amide bonds. The van der Waals surface area contributed by atoms with E-state index in [4.69, 9.17) is 9.47 Å². The first-order valence-corrected chi connectivity index (χ1v) is 10.1. The van der Waals surface area contributed by atoms with Crippen LogP contribution in [0, 0.1) is 0 Å². The summed E-state index contributed by atoms with van der Waals surface area (Å²) in [5.74, 6) is -1.92. The van der Waals surface area contributed by atoms with E-state index in [1.165, 1.54) is 0 Å². The van der Waals surface area contributed by atoms with Gasteiger partial charge in [-0.3, -0.25) is 14.4 Å². The van der Waals surface area contributed by atoms with Crippen molar-refractivity contribution < 1.29 is 33.4 Å². The molecule has 0 aromatic carbocycles. The highest BCUT2D eigenvalue weighted by Gasteiger charge is 2.38. The van der Waals surface area contributed by atoms with Gasteiger partial charge in [0.05, 0.1) is 0 Å². The first-order valence-electron chi connectivity index (χ1n) is 10.1. The second kappa shape index (κ2) is 10.4. The van der Waals surface area contributed by atoms with Gasteiger partial charge in [-0.2, -0.15) is 0 Å². The van der Waals surface area contributed by atoms with E-state index in [9.17, 15) is 24.0 Å². The molecule has 170 valence electrons. The van der Waals surface area contributed by atoms with Crippen molar-refractivity contribution in [3.05, 3.63) is 0 Å². The third-order valence-corrected chi connectivity index (χ3v) is 3.85. The highest BCUT2D eigenvalue weighted by atomic mass is 16.6. The summed E-state index contributed by atoms with van der Waals surface area (Å²) < 4.78 is 10.3. The lowest BCUT2D eigenvalue weighted by Crippen LogP contribution is -2.51. The molecule has 1 atom stereocenters. The van der Waals surface area contributed by atoms with Crippen molar-refractivity contribution >= 4 is 29.9 Å². The number of hydrogen-bond acceptors (Lipinski definition) is 7. The standard InChI is InChI=1S/C20H33N3O7/c1-19(2,3)29-17(27)21-12-8-7-9-13(22-18(28)30-20(4,5)6)16(26)23-14(24)10-11-15(23)25/h13H,7-12H2,1-6H3,(H,21,27)(H,22,28)/t13-/m0/s1. The van der Waals surface area contributed by atoms with E-state index in [1.807, 2.05) is 0 Å². The average molecular weight is 427 g/mol. The molecular formula is C20H33N3O7. The van der Waals surface area contributed by atoms with Gasteiger partial charge in [0, 0.05) is 19.4 Å². The predicted octanol–water partition coefficient (Wildman–Crippen LogP) is 2.25. The molecule has 2 N–H and O–H groups in total. The van der Waals surface area contributed by atoms with Crippen LogP contribution in [-0.4, -0.2) is 58.6 Å². The lowest BCUT2D eigenvalue weighted by molar-refractivity contribution is -0.150. The zero-order valence-corrected chi connectivity index (χ0v) is 18.6. The average Bonchev–Trinajstić information content (AvgIpc) is 2.88. The third-order valence-electron chi connectivity index (χ3n) is 3.85. The summed E-state index contributed by atoms with van der Waals surface area (Å²) in [4.78, 5) is 60.9. The first kappa shape index (κ1) is 25.4. The first-order chi connectivity index (χ1) is 13.7. The SMILES string of the molecule is CC(C)(C)OC(=O)NCCCC[C@H](NC(=O)OC(C)(C)C)C(=O)N1C(=O)CCC1=O. The number of likely N-dealkylation sites (tertiary alicyclic amines) is 1. The van der Waals surface area contributed by atoms with Crippen LogP contribution in [0.25, 0.3) is 0 Å². The number of hydrogen-bond donors (Lipinski definition) is 2. The summed E-state index contributed by atoms with van der Waals surface area (Å²) in [6.45, 7) is 10.6. The zero-order valence-electron chi connectivity index (χ0n) is 18.6. The molecule has 0 bridgehead atoms. The Morgan fingerprint density at radius 3 is 1.90 bits per heavy atom. The summed E-state index contributed by atoms with van der Waals surface area (Å²) in [7, 11) is 0. The monoisotopic (exact) mass is 427 g/mol. The van der Waals surface area contributed by atoms with Gasteiger partial charge in [0.25, 0.3) is 5.91 Å². The van der Waals surface area contributed by atoms with Crippen molar-refractivity contribution in [2.75, 3.05) is 6.54 Å². The lowest BCUT2D eigenvalue weighted by atomic mass is 10.1. The number of alkyl carbamates (subject to hydrolysis) is 2. The minimum absolute atomic E-state index is 0.0243. The van der Waals surface area contributed by atoms with Gasteiger partial charge >= 0.3 is 12.2 Å². The molecule has 0 aliphatic carbocycles. The number of rotatable bonds is 7. The van der Waals surface area contributed by atoms with Gasteiger partial charge in [-0.1, -0.05) is 0 Å². The zero-order chi connectivity index (χ0) is 23.1. The van der Waals surface area contributed by atoms with Crippen LogP contribution < -0.4 is 10.6 Å². The van der Waals surface area contributed by atoms with Crippen molar-refractivity contribution in [3.8, 4) is 0 Å². The van der Waals surface area contributed by atoms with Crippen molar-refractivity contribution in [1.29, 1.82) is 0 Å². The lowest BCUT2D eigenvalue weighted by Gasteiger charge is -2.25. The fraction of sp³-hybridized carbons (Fsp3) is 0.750. The Bertz CT molecular complexity index is 661. The fourth-order valence-corrected chi connectivity index (χ4v) is 2.66. The number of nitrogens with zero attached hydrogens (tertiary/aromatic N) is 1. The number of amides is 5. The molecule has 0 spiro atoms. The summed E-state index contributed by atoms with van der Waals surface area (Å²) in [5, 5.41) is 5.06. The minimum atomic E-state index is -1.09. The number of imide groups is 3. The number of nitrogens with one attached hydrogen (secondary N) is 2. The fourth-order valence-electron chi connectivity index (χ4n) is 2.66. The van der Waals surface area contributed by atoms with Crippen molar-refractivity contribution in [3.63, 3.8) is 0 Å². The molecule has 10 nitrogen and oxygen atoms in total. The van der Waals surface area contributed by atoms with Gasteiger partial charge in [0.15, 0.2) is 0 Å². The van der Waals surface area contributed by atoms with E-state index in [-0.39, 0.29) is 19.3 Å². The summed E-state index contributed by atoms with van der Waals surface area (Å²) in [6, 6.07) is -1.09. The van der Waals surface area contributed by atoms with Crippen LogP contribution in [0.5, 0.6) is 0 Å². The van der Waals surface area contributed by atoms with Crippen molar-refractivity contribution in [1.82, 2.24) is 15.5 Å². The molecule has 1 rings (SSSR count). The smallest absolute Gasteiger partial charge is 0.408 e. The molecule has 1 aliphatic heterocycles. The van der Waals surface area contributed by atoms with E-state index in [0.29, 0.717) is 24.3 Å². The molecule has 10 heteroatoms. The Kier molecular flexibility index (Phi) is 8.80. The van der Waals surface area contributed by atoms with Crippen LogP contribution in [0.2, 0.25) is 0 Å². The Labute approximate surface area is 177 Å². The summed E-state index contributed by atoms with van der Waals surface area (Å²) in [5.41, 5.74) is -1.37. The van der Waals surface area contributed by atoms with Gasteiger partial charge in [-0.25, -0.2) is 14.5 Å². The van der Waals surface area contributed by atoms with Crippen LogP contribution in [-0.2, 0) is 23.9 Å². The Hall–Kier alpha value is -2.65. The maximum atomic E-state index is 12.7. The molecule has 0 aromatic rings. The van der Waals surface area contributed by atoms with Gasteiger partial charge in [-0.15, -0.1) is 0 Å². The van der Waals surface area contributed by atoms with Crippen LogP contribution in [0.4, 0.5) is 9.59 Å². The summed E-state index contributed by atoms with van der Waals surface area (Å²) in [6.07, 6.45) is -0.292. The van der Waals surface area contributed by atoms with Gasteiger partial charge in [0.1, 0.15) is 17.2 Å². The number of carbonyl (C=O) groups excluding carboxylic acids is 5. The van der Waals surface area contributed by atoms with E-state index < -0.39 is 47.2 Å². The molecular weight excluding hydrogens is 394 g/mol. The van der Waals surface area contributed by atoms with Crippen LogP contribution in [0.1, 0.15) is 73.6 Å². The van der Waals surface area contributed by atoms with Crippen LogP contribution in [0.3, 0.4) is 0 Å². The van der Waals surface area contributed by atoms with Gasteiger partial charge < -0.3 is 20.1 Å². The van der Waals surface area contributed by atoms with E-state index in [2.05, 4.69) is 10.6 Å². The predicted molar refractivity (Wildman–Crippen MR) is 107 cm³/mol. The Balaban J connectivity index is 2.64. The molecule has 1 fully saturated rings. The van der Waals surface area contributed by atoms with Gasteiger partial charge in [-0.05, 0) is 60.8 Å². The molecule has 1 saturated heterocycles. The Morgan fingerprint density at radius 1 is 0.900 bits per heavy atom. The van der Waals surface area contributed by atoms with Crippen LogP contribution >= 0.6 is 0 Å². The Morgan fingerprint density at radius 2 is 1.40 bits per heavy atom. The molecule has 0 saturated carbocycles. The number of unbranched alkanes of at least 4 members (excludes halogenated alkanes) is 1. The van der Waals surface area contributed by atoms with E-state index in [0.717, 1.165) is 0 Å². The maximum Gasteiger partial charge on any atom is 0.408 e. The van der Waals surface area contributed by atoms with Crippen LogP contribution in [0.15, 0.2) is 0 Å². The molecule has 30 heavy (non-hydrogen) atoms. The van der Waals surface area contributed by atoms with Gasteiger partial charge in [0.2, 0.25) is 11.8 Å². The van der Waals surface area contributed by atoms with Crippen molar-refractivity contribution in [2.24, 2.45) is 0 Å². The largest absolute Gasteiger partial charge is 0.444 e. The molecule has 1 heterocycles. The third kappa shape index (κ3) is 9.23.